The highest BCUT2D eigenvalue weighted by Crippen LogP contribution is 2.43. The van der Waals surface area contributed by atoms with E-state index in [1.54, 1.807) is 32.5 Å². The summed E-state index contributed by atoms with van der Waals surface area (Å²) in [6, 6.07) is 11.0. The van der Waals surface area contributed by atoms with E-state index >= 15 is 0 Å². The number of benzene rings is 1. The van der Waals surface area contributed by atoms with Gasteiger partial charge in [-0.25, -0.2) is 0 Å². The average Bonchev–Trinajstić information content (AvgIpc) is 3.31. The number of fused-ring (bicyclic) bond motifs is 1. The molecule has 0 aliphatic carbocycles. The molecule has 8 heteroatoms. The summed E-state index contributed by atoms with van der Waals surface area (Å²) in [7, 11) is 3.22. The van der Waals surface area contributed by atoms with E-state index in [0.717, 1.165) is 18.4 Å². The SMILES string of the molecule is COc1ccc(C2CCCN2c2nc3ccccn3c2[N+](=O)[O-])c(OC)c1. The fraction of sp³-hybridized carbons (Fsp3) is 0.316. The third-order valence-electron chi connectivity index (χ3n) is 4.98. The average molecular weight is 368 g/mol. The molecule has 0 N–H and O–H groups in total. The minimum atomic E-state index is -0.365. The lowest BCUT2D eigenvalue weighted by atomic mass is 10.0. The Morgan fingerprint density at radius 3 is 2.81 bits per heavy atom. The lowest BCUT2D eigenvalue weighted by molar-refractivity contribution is -0.389. The summed E-state index contributed by atoms with van der Waals surface area (Å²) in [6.45, 7) is 0.699. The van der Waals surface area contributed by atoms with Gasteiger partial charge in [-0.05, 0) is 36.0 Å². The van der Waals surface area contributed by atoms with Crippen LogP contribution in [0.2, 0.25) is 0 Å². The van der Waals surface area contributed by atoms with Crippen LogP contribution in [0.25, 0.3) is 5.65 Å². The Morgan fingerprint density at radius 2 is 2.07 bits per heavy atom. The van der Waals surface area contributed by atoms with Crippen LogP contribution in [-0.4, -0.2) is 35.1 Å². The van der Waals surface area contributed by atoms with Crippen molar-refractivity contribution in [2.75, 3.05) is 25.7 Å². The number of methoxy groups -OCH3 is 2. The maximum absolute atomic E-state index is 11.8. The van der Waals surface area contributed by atoms with Crippen LogP contribution in [0, 0.1) is 10.1 Å². The summed E-state index contributed by atoms with van der Waals surface area (Å²) < 4.78 is 12.4. The Bertz CT molecular complexity index is 1000. The molecule has 0 saturated carbocycles. The van der Waals surface area contributed by atoms with E-state index in [1.807, 2.05) is 29.2 Å². The minimum Gasteiger partial charge on any atom is -0.497 e. The molecule has 1 fully saturated rings. The smallest absolute Gasteiger partial charge is 0.372 e. The number of nitrogens with zero attached hydrogens (tertiary/aromatic N) is 4. The van der Waals surface area contributed by atoms with Crippen molar-refractivity contribution in [3.05, 3.63) is 58.3 Å². The van der Waals surface area contributed by atoms with Crippen molar-refractivity contribution in [3.8, 4) is 11.5 Å². The summed E-state index contributed by atoms with van der Waals surface area (Å²) >= 11 is 0. The molecule has 2 aromatic heterocycles. The lowest BCUT2D eigenvalue weighted by Crippen LogP contribution is -2.24. The molecule has 1 saturated heterocycles. The molecule has 1 aromatic carbocycles. The molecule has 1 aliphatic rings. The number of imidazole rings is 1. The second-order valence-corrected chi connectivity index (χ2v) is 6.40. The molecule has 0 bridgehead atoms. The largest absolute Gasteiger partial charge is 0.497 e. The van der Waals surface area contributed by atoms with Crippen molar-refractivity contribution in [2.45, 2.75) is 18.9 Å². The third-order valence-corrected chi connectivity index (χ3v) is 4.98. The zero-order valence-electron chi connectivity index (χ0n) is 15.2. The van der Waals surface area contributed by atoms with Crippen LogP contribution in [0.3, 0.4) is 0 Å². The molecule has 1 atom stereocenters. The highest BCUT2D eigenvalue weighted by Gasteiger charge is 2.36. The van der Waals surface area contributed by atoms with E-state index in [9.17, 15) is 10.1 Å². The molecule has 1 unspecified atom stereocenters. The predicted octanol–water partition coefficient (Wildman–Crippen LogP) is 3.60. The van der Waals surface area contributed by atoms with Gasteiger partial charge in [-0.2, -0.15) is 9.38 Å². The Balaban J connectivity index is 1.82. The van der Waals surface area contributed by atoms with Crippen LogP contribution in [0.4, 0.5) is 11.6 Å². The zero-order chi connectivity index (χ0) is 19.0. The molecule has 8 nitrogen and oxygen atoms in total. The second kappa shape index (κ2) is 6.79. The van der Waals surface area contributed by atoms with Gasteiger partial charge in [-0.15, -0.1) is 0 Å². The summed E-state index contributed by atoms with van der Waals surface area (Å²) in [4.78, 5) is 18.0. The number of nitro groups is 1. The van der Waals surface area contributed by atoms with E-state index in [2.05, 4.69) is 4.98 Å². The predicted molar refractivity (Wildman–Crippen MR) is 101 cm³/mol. The van der Waals surface area contributed by atoms with Crippen LogP contribution in [0.5, 0.6) is 11.5 Å². The van der Waals surface area contributed by atoms with Gasteiger partial charge >= 0.3 is 5.82 Å². The van der Waals surface area contributed by atoms with Crippen molar-refractivity contribution in [2.24, 2.45) is 0 Å². The van der Waals surface area contributed by atoms with Crippen molar-refractivity contribution >= 4 is 17.3 Å². The molecule has 140 valence electrons. The monoisotopic (exact) mass is 368 g/mol. The minimum absolute atomic E-state index is 0.00928. The summed E-state index contributed by atoms with van der Waals surface area (Å²) in [5.74, 6) is 1.80. The molecule has 27 heavy (non-hydrogen) atoms. The highest BCUT2D eigenvalue weighted by molar-refractivity contribution is 5.65. The van der Waals surface area contributed by atoms with Crippen molar-refractivity contribution in [1.29, 1.82) is 0 Å². The standard InChI is InChI=1S/C19H20N4O4/c1-26-13-8-9-14(16(12-13)27-2)15-6-5-11-21(15)18-19(23(24)25)22-10-4-3-7-17(22)20-18/h3-4,7-10,12,15H,5-6,11H2,1-2H3. The van der Waals surface area contributed by atoms with Crippen LogP contribution in [-0.2, 0) is 0 Å². The van der Waals surface area contributed by atoms with Crippen molar-refractivity contribution < 1.29 is 14.4 Å². The van der Waals surface area contributed by atoms with Gasteiger partial charge in [0.1, 0.15) is 11.5 Å². The van der Waals surface area contributed by atoms with Crippen LogP contribution >= 0.6 is 0 Å². The molecule has 3 aromatic rings. The first kappa shape index (κ1) is 17.1. The normalized spacial score (nSPS) is 16.7. The van der Waals surface area contributed by atoms with Gasteiger partial charge in [0.2, 0.25) is 11.5 Å². The molecule has 0 amide bonds. The Morgan fingerprint density at radius 1 is 1.22 bits per heavy atom. The van der Waals surface area contributed by atoms with E-state index in [-0.39, 0.29) is 16.8 Å². The Kier molecular flexibility index (Phi) is 4.31. The summed E-state index contributed by atoms with van der Waals surface area (Å²) in [6.07, 6.45) is 3.46. The van der Waals surface area contributed by atoms with Gasteiger partial charge in [0.15, 0.2) is 0 Å². The second-order valence-electron chi connectivity index (χ2n) is 6.40. The maximum atomic E-state index is 11.8. The molecule has 0 radical (unpaired) electrons. The number of hydrogen-bond donors (Lipinski definition) is 0. The number of anilines is 1. The Hall–Kier alpha value is -3.29. The molecule has 3 heterocycles. The molecular weight excluding hydrogens is 348 g/mol. The maximum Gasteiger partial charge on any atom is 0.372 e. The van der Waals surface area contributed by atoms with Gasteiger partial charge in [0.05, 0.1) is 26.5 Å². The highest BCUT2D eigenvalue weighted by atomic mass is 16.6. The molecule has 0 spiro atoms. The van der Waals surface area contributed by atoms with Crippen molar-refractivity contribution in [3.63, 3.8) is 0 Å². The van der Waals surface area contributed by atoms with Gasteiger partial charge in [-0.3, -0.25) is 0 Å². The van der Waals surface area contributed by atoms with Crippen LogP contribution in [0.15, 0.2) is 42.6 Å². The number of pyridine rings is 1. The van der Waals surface area contributed by atoms with E-state index in [4.69, 9.17) is 9.47 Å². The van der Waals surface area contributed by atoms with Gasteiger partial charge in [0.25, 0.3) is 0 Å². The number of ether oxygens (including phenoxy) is 2. The molecule has 4 rings (SSSR count). The van der Waals surface area contributed by atoms with Gasteiger partial charge in [0, 0.05) is 24.2 Å². The van der Waals surface area contributed by atoms with Gasteiger partial charge < -0.3 is 24.5 Å². The van der Waals surface area contributed by atoms with Crippen LogP contribution in [0.1, 0.15) is 24.4 Å². The van der Waals surface area contributed by atoms with E-state index in [0.29, 0.717) is 29.5 Å². The Labute approximate surface area is 156 Å². The van der Waals surface area contributed by atoms with Gasteiger partial charge in [-0.1, -0.05) is 6.07 Å². The van der Waals surface area contributed by atoms with Crippen molar-refractivity contribution in [1.82, 2.24) is 9.38 Å². The topological polar surface area (TPSA) is 82.1 Å². The first-order valence-corrected chi connectivity index (χ1v) is 8.74. The summed E-state index contributed by atoms with van der Waals surface area (Å²) in [5, 5.41) is 11.8. The first-order valence-electron chi connectivity index (χ1n) is 8.74. The summed E-state index contributed by atoms with van der Waals surface area (Å²) in [5.41, 5.74) is 1.54. The fourth-order valence-electron chi connectivity index (χ4n) is 3.77. The van der Waals surface area contributed by atoms with E-state index in [1.165, 1.54) is 4.40 Å². The molecular formula is C19H20N4O4. The lowest BCUT2D eigenvalue weighted by Gasteiger charge is -2.26. The molecule has 1 aliphatic heterocycles. The third kappa shape index (κ3) is 2.83. The first-order chi connectivity index (χ1) is 13.1. The number of hydrogen-bond acceptors (Lipinski definition) is 6. The fourth-order valence-corrected chi connectivity index (χ4v) is 3.77. The van der Waals surface area contributed by atoms with Crippen LogP contribution < -0.4 is 14.4 Å². The number of rotatable bonds is 5. The quantitative estimate of drug-likeness (QED) is 0.505. The number of aromatic nitrogens is 2. The zero-order valence-corrected chi connectivity index (χ0v) is 15.2. The van der Waals surface area contributed by atoms with E-state index < -0.39 is 0 Å².